The molecule has 1 aromatic rings. The molecule has 0 bridgehead atoms. The molecule has 1 aliphatic rings. The van der Waals surface area contributed by atoms with Crippen LogP contribution >= 0.6 is 0 Å². The molecule has 4 amide bonds. The van der Waals surface area contributed by atoms with Crippen LogP contribution in [0, 0.1) is 11.8 Å². The number of amides is 4. The molecule has 2 rings (SSSR count). The highest BCUT2D eigenvalue weighted by Crippen LogP contribution is 2.21. The van der Waals surface area contributed by atoms with Crippen molar-refractivity contribution >= 4 is 17.8 Å². The molecule has 1 saturated heterocycles. The maximum absolute atomic E-state index is 13.3. The normalized spacial score (nSPS) is 16.7. The molecule has 1 fully saturated rings. The first-order valence-corrected chi connectivity index (χ1v) is 10.8. The summed E-state index contributed by atoms with van der Waals surface area (Å²) in [6.07, 6.45) is 2.46. The van der Waals surface area contributed by atoms with E-state index in [0.29, 0.717) is 25.4 Å². The van der Waals surface area contributed by atoms with E-state index in [1.165, 1.54) is 4.90 Å². The third-order valence-electron chi connectivity index (χ3n) is 5.50. The van der Waals surface area contributed by atoms with Crippen molar-refractivity contribution in [3.05, 3.63) is 35.9 Å². The molecule has 7 nitrogen and oxygen atoms in total. The lowest BCUT2D eigenvalue weighted by atomic mass is 9.97. The van der Waals surface area contributed by atoms with E-state index in [9.17, 15) is 14.4 Å². The SMILES string of the molecule is CC(C)C[C@H](NC(=O)N[C@H](C(=O)N1CCC(C)CC1)c1ccccc1)C(=O)N(C)C. The molecule has 1 aliphatic heterocycles. The van der Waals surface area contributed by atoms with Gasteiger partial charge in [0.05, 0.1) is 0 Å². The van der Waals surface area contributed by atoms with Crippen molar-refractivity contribution in [2.24, 2.45) is 11.8 Å². The Morgan fingerprint density at radius 3 is 2.20 bits per heavy atom. The summed E-state index contributed by atoms with van der Waals surface area (Å²) < 4.78 is 0. The Kier molecular flexibility index (Phi) is 8.69. The highest BCUT2D eigenvalue weighted by Gasteiger charge is 2.31. The average molecular weight is 417 g/mol. The van der Waals surface area contributed by atoms with Crippen LogP contribution in [0.1, 0.15) is 51.6 Å². The fourth-order valence-electron chi connectivity index (χ4n) is 3.68. The number of carbonyl (C=O) groups is 3. The lowest BCUT2D eigenvalue weighted by molar-refractivity contribution is -0.134. The van der Waals surface area contributed by atoms with E-state index in [4.69, 9.17) is 0 Å². The minimum Gasteiger partial charge on any atom is -0.347 e. The molecular weight excluding hydrogens is 380 g/mol. The fourth-order valence-corrected chi connectivity index (χ4v) is 3.68. The molecule has 1 aromatic carbocycles. The second-order valence-electron chi connectivity index (χ2n) is 8.88. The van der Waals surface area contributed by atoms with E-state index in [1.807, 2.05) is 49.1 Å². The van der Waals surface area contributed by atoms with Gasteiger partial charge in [0, 0.05) is 27.2 Å². The van der Waals surface area contributed by atoms with Gasteiger partial charge in [-0.1, -0.05) is 51.1 Å². The van der Waals surface area contributed by atoms with Gasteiger partial charge in [-0.3, -0.25) is 9.59 Å². The summed E-state index contributed by atoms with van der Waals surface area (Å²) in [5, 5.41) is 5.61. The zero-order chi connectivity index (χ0) is 22.3. The van der Waals surface area contributed by atoms with Crippen LogP contribution in [0.2, 0.25) is 0 Å². The van der Waals surface area contributed by atoms with Gasteiger partial charge in [0.2, 0.25) is 11.8 Å². The Hall–Kier alpha value is -2.57. The topological polar surface area (TPSA) is 81.8 Å². The van der Waals surface area contributed by atoms with E-state index >= 15 is 0 Å². The van der Waals surface area contributed by atoms with Crippen LogP contribution in [-0.2, 0) is 9.59 Å². The molecule has 0 spiro atoms. The van der Waals surface area contributed by atoms with Gasteiger partial charge in [0.25, 0.3) is 0 Å². The van der Waals surface area contributed by atoms with Crippen LogP contribution in [0.5, 0.6) is 0 Å². The van der Waals surface area contributed by atoms with Crippen LogP contribution in [-0.4, -0.2) is 60.9 Å². The molecule has 0 aliphatic carbocycles. The van der Waals surface area contributed by atoms with E-state index in [1.54, 1.807) is 14.1 Å². The number of nitrogens with zero attached hydrogens (tertiary/aromatic N) is 2. The predicted molar refractivity (Wildman–Crippen MR) is 118 cm³/mol. The summed E-state index contributed by atoms with van der Waals surface area (Å²) >= 11 is 0. The van der Waals surface area contributed by atoms with Crippen molar-refractivity contribution in [2.45, 2.75) is 52.1 Å². The first kappa shape index (κ1) is 23.7. The van der Waals surface area contributed by atoms with Gasteiger partial charge in [-0.05, 0) is 36.7 Å². The molecule has 0 aromatic heterocycles. The van der Waals surface area contributed by atoms with Crippen molar-refractivity contribution < 1.29 is 14.4 Å². The summed E-state index contributed by atoms with van der Waals surface area (Å²) in [5.74, 6) is 0.574. The molecule has 0 radical (unpaired) electrons. The van der Waals surface area contributed by atoms with Gasteiger partial charge in [-0.2, -0.15) is 0 Å². The maximum atomic E-state index is 13.3. The highest BCUT2D eigenvalue weighted by atomic mass is 16.2. The molecule has 0 saturated carbocycles. The first-order chi connectivity index (χ1) is 14.2. The minimum absolute atomic E-state index is 0.109. The average Bonchev–Trinajstić information content (AvgIpc) is 2.71. The molecule has 2 atom stereocenters. The van der Waals surface area contributed by atoms with E-state index in [2.05, 4.69) is 17.6 Å². The second-order valence-corrected chi connectivity index (χ2v) is 8.88. The van der Waals surface area contributed by atoms with Crippen molar-refractivity contribution in [1.29, 1.82) is 0 Å². The lowest BCUT2D eigenvalue weighted by Crippen LogP contribution is -2.53. The number of rotatable bonds is 7. The van der Waals surface area contributed by atoms with Gasteiger partial charge in [-0.25, -0.2) is 4.79 Å². The van der Waals surface area contributed by atoms with Gasteiger partial charge >= 0.3 is 6.03 Å². The highest BCUT2D eigenvalue weighted by molar-refractivity contribution is 5.91. The summed E-state index contributed by atoms with van der Waals surface area (Å²) in [5.41, 5.74) is 0.732. The zero-order valence-corrected chi connectivity index (χ0v) is 18.9. The lowest BCUT2D eigenvalue weighted by Gasteiger charge is -2.33. The molecule has 7 heteroatoms. The van der Waals surface area contributed by atoms with Crippen LogP contribution in [0.4, 0.5) is 4.79 Å². The third kappa shape index (κ3) is 6.75. The number of likely N-dealkylation sites (N-methyl/N-ethyl adjacent to an activating group) is 1. The number of hydrogen-bond acceptors (Lipinski definition) is 3. The van der Waals surface area contributed by atoms with Crippen LogP contribution < -0.4 is 10.6 Å². The number of carbonyl (C=O) groups excluding carboxylic acids is 3. The Labute approximate surface area is 180 Å². The second kappa shape index (κ2) is 11.0. The van der Waals surface area contributed by atoms with Crippen molar-refractivity contribution in [1.82, 2.24) is 20.4 Å². The quantitative estimate of drug-likeness (QED) is 0.717. The maximum Gasteiger partial charge on any atom is 0.316 e. The molecule has 2 N–H and O–H groups in total. The van der Waals surface area contributed by atoms with E-state index in [0.717, 1.165) is 18.4 Å². The molecular formula is C23H36N4O3. The number of urea groups is 1. The van der Waals surface area contributed by atoms with Crippen LogP contribution in [0.15, 0.2) is 30.3 Å². The Morgan fingerprint density at radius 2 is 1.67 bits per heavy atom. The number of hydrogen-bond donors (Lipinski definition) is 2. The Morgan fingerprint density at radius 1 is 1.07 bits per heavy atom. The fraction of sp³-hybridized carbons (Fsp3) is 0.609. The van der Waals surface area contributed by atoms with Crippen molar-refractivity contribution in [3.63, 3.8) is 0 Å². The summed E-state index contributed by atoms with van der Waals surface area (Å²) in [6.45, 7) is 7.59. The molecule has 1 heterocycles. The Bertz CT molecular complexity index is 712. The van der Waals surface area contributed by atoms with Crippen molar-refractivity contribution in [2.75, 3.05) is 27.2 Å². The van der Waals surface area contributed by atoms with E-state index in [-0.39, 0.29) is 17.7 Å². The minimum atomic E-state index is -0.784. The molecule has 0 unspecified atom stereocenters. The van der Waals surface area contributed by atoms with Gasteiger partial charge in [0.15, 0.2) is 0 Å². The zero-order valence-electron chi connectivity index (χ0n) is 18.9. The summed E-state index contributed by atoms with van der Waals surface area (Å²) in [6, 6.07) is 7.33. The summed E-state index contributed by atoms with van der Waals surface area (Å²) in [4.78, 5) is 41.9. The van der Waals surface area contributed by atoms with Gasteiger partial charge < -0.3 is 20.4 Å². The largest absolute Gasteiger partial charge is 0.347 e. The standard InChI is InChI=1S/C23H36N4O3/c1-16(2)15-19(21(28)26(4)5)24-23(30)25-20(18-9-7-6-8-10-18)22(29)27-13-11-17(3)12-14-27/h6-10,16-17,19-20H,11-15H2,1-5H3,(H2,24,25,30)/t19-,20-/m0/s1. The third-order valence-corrected chi connectivity index (χ3v) is 5.50. The number of piperidine rings is 1. The van der Waals surface area contributed by atoms with Crippen molar-refractivity contribution in [3.8, 4) is 0 Å². The smallest absolute Gasteiger partial charge is 0.316 e. The van der Waals surface area contributed by atoms with Crippen LogP contribution in [0.3, 0.4) is 0 Å². The number of likely N-dealkylation sites (tertiary alicyclic amines) is 1. The predicted octanol–water partition coefficient (Wildman–Crippen LogP) is 2.79. The van der Waals surface area contributed by atoms with Gasteiger partial charge in [-0.15, -0.1) is 0 Å². The monoisotopic (exact) mass is 416 g/mol. The number of nitrogens with one attached hydrogen (secondary N) is 2. The first-order valence-electron chi connectivity index (χ1n) is 10.8. The van der Waals surface area contributed by atoms with Crippen LogP contribution in [0.25, 0.3) is 0 Å². The summed E-state index contributed by atoms with van der Waals surface area (Å²) in [7, 11) is 3.34. The molecule has 30 heavy (non-hydrogen) atoms. The Balaban J connectivity index is 2.15. The number of benzene rings is 1. The molecule has 166 valence electrons. The van der Waals surface area contributed by atoms with Gasteiger partial charge in [0.1, 0.15) is 12.1 Å². The van der Waals surface area contributed by atoms with E-state index < -0.39 is 18.1 Å².